The molecule has 0 aliphatic heterocycles. The van der Waals surface area contributed by atoms with Crippen LogP contribution in [0.5, 0.6) is 5.75 Å². The zero-order valence-corrected chi connectivity index (χ0v) is 11.4. The number of aryl methyl sites for hydroxylation is 1. The fourth-order valence-electron chi connectivity index (χ4n) is 1.56. The van der Waals surface area contributed by atoms with E-state index in [4.69, 9.17) is 16.3 Å². The topological polar surface area (TPSA) is 38.3 Å². The predicted molar refractivity (Wildman–Crippen MR) is 69.9 cm³/mol. The first kappa shape index (κ1) is 13.8. The molecule has 1 amide bonds. The van der Waals surface area contributed by atoms with Gasteiger partial charge >= 0.3 is 0 Å². The smallest absolute Gasteiger partial charge is 0.255 e. The lowest BCUT2D eigenvalue weighted by Gasteiger charge is -2.13. The molecule has 17 heavy (non-hydrogen) atoms. The van der Waals surface area contributed by atoms with Crippen LogP contribution in [0.15, 0.2) is 12.1 Å². The zero-order valence-electron chi connectivity index (χ0n) is 10.6. The van der Waals surface area contributed by atoms with Crippen LogP contribution in [0.1, 0.15) is 29.8 Å². The van der Waals surface area contributed by atoms with E-state index in [-0.39, 0.29) is 5.91 Å². The first-order chi connectivity index (χ1) is 7.95. The fraction of sp³-hybridized carbons (Fsp3) is 0.462. The van der Waals surface area contributed by atoms with Crippen molar-refractivity contribution in [3.05, 3.63) is 28.3 Å². The molecule has 1 aromatic carbocycles. The maximum absolute atomic E-state index is 12.0. The molecule has 0 aromatic heterocycles. The van der Waals surface area contributed by atoms with E-state index >= 15 is 0 Å². The third kappa shape index (κ3) is 3.63. The number of rotatable bonds is 4. The van der Waals surface area contributed by atoms with Gasteiger partial charge < -0.3 is 10.1 Å². The van der Waals surface area contributed by atoms with E-state index in [2.05, 4.69) is 5.32 Å². The van der Waals surface area contributed by atoms with Gasteiger partial charge in [-0.25, -0.2) is 0 Å². The summed E-state index contributed by atoms with van der Waals surface area (Å²) in [4.78, 5) is 12.0. The van der Waals surface area contributed by atoms with Crippen LogP contribution in [-0.4, -0.2) is 19.6 Å². The van der Waals surface area contributed by atoms with Crippen LogP contribution in [0.25, 0.3) is 0 Å². The number of halogens is 1. The number of carbonyl (C=O) groups is 1. The van der Waals surface area contributed by atoms with Gasteiger partial charge in [0.15, 0.2) is 0 Å². The Morgan fingerprint density at radius 2 is 2.12 bits per heavy atom. The van der Waals surface area contributed by atoms with E-state index in [1.807, 2.05) is 20.8 Å². The Kier molecular flexibility index (Phi) is 4.82. The van der Waals surface area contributed by atoms with Crippen LogP contribution >= 0.6 is 11.6 Å². The number of hydrogen-bond donors (Lipinski definition) is 1. The Morgan fingerprint density at radius 3 is 2.65 bits per heavy atom. The normalized spacial score (nSPS) is 10.5. The lowest BCUT2D eigenvalue weighted by molar-refractivity contribution is 0.0946. The minimum Gasteiger partial charge on any atom is -0.496 e. The summed E-state index contributed by atoms with van der Waals surface area (Å²) >= 11 is 5.95. The van der Waals surface area contributed by atoms with Crippen molar-refractivity contribution >= 4 is 17.5 Å². The fourth-order valence-corrected chi connectivity index (χ4v) is 1.83. The van der Waals surface area contributed by atoms with Crippen molar-refractivity contribution in [2.24, 2.45) is 5.92 Å². The van der Waals surface area contributed by atoms with Crippen molar-refractivity contribution in [1.82, 2.24) is 5.32 Å². The summed E-state index contributed by atoms with van der Waals surface area (Å²) in [6.07, 6.45) is 0. The molecule has 0 heterocycles. The summed E-state index contributed by atoms with van der Waals surface area (Å²) in [5.74, 6) is 0.835. The van der Waals surface area contributed by atoms with Gasteiger partial charge in [0.1, 0.15) is 5.75 Å². The molecule has 3 nitrogen and oxygen atoms in total. The van der Waals surface area contributed by atoms with Gasteiger partial charge in [-0.15, -0.1) is 0 Å². The number of methoxy groups -OCH3 is 1. The van der Waals surface area contributed by atoms with E-state index in [1.54, 1.807) is 19.2 Å². The second-order valence-corrected chi connectivity index (χ2v) is 4.84. The van der Waals surface area contributed by atoms with Gasteiger partial charge in [0, 0.05) is 11.6 Å². The maximum atomic E-state index is 12.0. The lowest BCUT2D eigenvalue weighted by Crippen LogP contribution is -2.27. The minimum absolute atomic E-state index is 0.152. The SMILES string of the molecule is COc1c(C)cc(Cl)cc1C(=O)NCC(C)C. The molecule has 1 rings (SSSR count). The van der Waals surface area contributed by atoms with Gasteiger partial charge in [-0.1, -0.05) is 25.4 Å². The molecule has 1 N–H and O–H groups in total. The summed E-state index contributed by atoms with van der Waals surface area (Å²) in [6, 6.07) is 3.41. The second kappa shape index (κ2) is 5.92. The molecule has 0 bridgehead atoms. The van der Waals surface area contributed by atoms with Crippen molar-refractivity contribution < 1.29 is 9.53 Å². The lowest BCUT2D eigenvalue weighted by atomic mass is 10.1. The number of ether oxygens (including phenoxy) is 1. The van der Waals surface area contributed by atoms with Crippen LogP contribution < -0.4 is 10.1 Å². The van der Waals surface area contributed by atoms with Crippen LogP contribution in [0, 0.1) is 12.8 Å². The molecule has 94 valence electrons. The average Bonchev–Trinajstić information content (AvgIpc) is 2.24. The standard InChI is InChI=1S/C13H18ClNO2/c1-8(2)7-15-13(16)11-6-10(14)5-9(3)12(11)17-4/h5-6,8H,7H2,1-4H3,(H,15,16). The molecule has 0 spiro atoms. The molecule has 0 unspecified atom stereocenters. The minimum atomic E-state index is -0.152. The molecule has 0 aliphatic rings. The second-order valence-electron chi connectivity index (χ2n) is 4.41. The Bertz CT molecular complexity index is 416. The van der Waals surface area contributed by atoms with Crippen LogP contribution in [0.3, 0.4) is 0 Å². The summed E-state index contributed by atoms with van der Waals surface area (Å²) in [7, 11) is 1.55. The van der Waals surface area contributed by atoms with Crippen molar-refractivity contribution in [3.63, 3.8) is 0 Å². The highest BCUT2D eigenvalue weighted by Gasteiger charge is 2.15. The molecule has 0 atom stereocenters. The summed E-state index contributed by atoms with van der Waals surface area (Å²) < 4.78 is 5.24. The van der Waals surface area contributed by atoms with E-state index in [1.165, 1.54) is 0 Å². The first-order valence-electron chi connectivity index (χ1n) is 5.58. The molecule has 4 heteroatoms. The van der Waals surface area contributed by atoms with Crippen molar-refractivity contribution in [2.75, 3.05) is 13.7 Å². The highest BCUT2D eigenvalue weighted by molar-refractivity contribution is 6.31. The molecular weight excluding hydrogens is 238 g/mol. The van der Waals surface area contributed by atoms with Gasteiger partial charge in [-0.05, 0) is 30.5 Å². The molecular formula is C13H18ClNO2. The largest absolute Gasteiger partial charge is 0.496 e. The summed E-state index contributed by atoms with van der Waals surface area (Å²) in [5.41, 5.74) is 1.34. The van der Waals surface area contributed by atoms with Gasteiger partial charge in [0.05, 0.1) is 12.7 Å². The van der Waals surface area contributed by atoms with E-state index in [0.29, 0.717) is 28.8 Å². The average molecular weight is 256 g/mol. The molecule has 0 radical (unpaired) electrons. The van der Waals surface area contributed by atoms with Crippen LogP contribution in [0.4, 0.5) is 0 Å². The van der Waals surface area contributed by atoms with E-state index in [0.717, 1.165) is 5.56 Å². The Morgan fingerprint density at radius 1 is 1.47 bits per heavy atom. The van der Waals surface area contributed by atoms with Gasteiger partial charge in [-0.2, -0.15) is 0 Å². The molecule has 1 aromatic rings. The van der Waals surface area contributed by atoms with Crippen LogP contribution in [-0.2, 0) is 0 Å². The highest BCUT2D eigenvalue weighted by Crippen LogP contribution is 2.27. The Labute approximate surface area is 107 Å². The zero-order chi connectivity index (χ0) is 13.0. The number of benzene rings is 1. The van der Waals surface area contributed by atoms with E-state index < -0.39 is 0 Å². The number of carbonyl (C=O) groups excluding carboxylic acids is 1. The van der Waals surface area contributed by atoms with Crippen molar-refractivity contribution in [3.8, 4) is 5.75 Å². The van der Waals surface area contributed by atoms with Crippen molar-refractivity contribution in [2.45, 2.75) is 20.8 Å². The predicted octanol–water partition coefficient (Wildman–Crippen LogP) is 3.04. The Hall–Kier alpha value is -1.22. The quantitative estimate of drug-likeness (QED) is 0.898. The Balaban J connectivity index is 2.99. The molecule has 0 fully saturated rings. The summed E-state index contributed by atoms with van der Waals surface area (Å²) in [6.45, 7) is 6.58. The van der Waals surface area contributed by atoms with Crippen molar-refractivity contribution in [1.29, 1.82) is 0 Å². The molecule has 0 saturated carbocycles. The highest BCUT2D eigenvalue weighted by atomic mass is 35.5. The monoisotopic (exact) mass is 255 g/mol. The third-order valence-corrected chi connectivity index (χ3v) is 2.58. The van der Waals surface area contributed by atoms with Gasteiger partial charge in [-0.3, -0.25) is 4.79 Å². The number of hydrogen-bond acceptors (Lipinski definition) is 2. The molecule has 0 aliphatic carbocycles. The van der Waals surface area contributed by atoms with Crippen LogP contribution in [0.2, 0.25) is 5.02 Å². The van der Waals surface area contributed by atoms with E-state index in [9.17, 15) is 4.79 Å². The van der Waals surface area contributed by atoms with Gasteiger partial charge in [0.25, 0.3) is 5.91 Å². The molecule has 0 saturated heterocycles. The number of amides is 1. The maximum Gasteiger partial charge on any atom is 0.255 e. The summed E-state index contributed by atoms with van der Waals surface area (Å²) in [5, 5.41) is 3.39. The first-order valence-corrected chi connectivity index (χ1v) is 5.95. The van der Waals surface area contributed by atoms with Gasteiger partial charge in [0.2, 0.25) is 0 Å². The number of nitrogens with one attached hydrogen (secondary N) is 1. The third-order valence-electron chi connectivity index (χ3n) is 2.36.